The molecule has 1 aromatic heterocycles. The average molecular weight is 581 g/mol. The van der Waals surface area contributed by atoms with E-state index in [4.69, 9.17) is 20.9 Å². The van der Waals surface area contributed by atoms with Crippen LogP contribution in [0.2, 0.25) is 5.02 Å². The van der Waals surface area contributed by atoms with Gasteiger partial charge in [0.1, 0.15) is 11.5 Å². The number of hydrogen-bond donors (Lipinski definition) is 2. The zero-order chi connectivity index (χ0) is 29.4. The third-order valence-electron chi connectivity index (χ3n) is 6.06. The molecule has 4 rings (SSSR count). The molecule has 0 bridgehead atoms. The Kier molecular flexibility index (Phi) is 9.83. The second-order valence-electron chi connectivity index (χ2n) is 9.11. The summed E-state index contributed by atoms with van der Waals surface area (Å²) in [5, 5.41) is 17.6. The Morgan fingerprint density at radius 1 is 1.00 bits per heavy atom. The van der Waals surface area contributed by atoms with Gasteiger partial charge < -0.3 is 24.4 Å². The SMILES string of the molecule is CC(=O)OCOC(=O)[C@H](O)C[C@@H](Cc1ccc(-c2cccc(Cl)c2)cc1)NC(=O)c1cc(-c2ccccc2F)no1. The van der Waals surface area contributed by atoms with E-state index in [9.17, 15) is 23.9 Å². The summed E-state index contributed by atoms with van der Waals surface area (Å²) in [5.74, 6) is -3.07. The summed E-state index contributed by atoms with van der Waals surface area (Å²) < 4.78 is 28.7. The van der Waals surface area contributed by atoms with Gasteiger partial charge in [0, 0.05) is 36.0 Å². The summed E-state index contributed by atoms with van der Waals surface area (Å²) in [7, 11) is 0. The number of hydrogen-bond acceptors (Lipinski definition) is 8. The van der Waals surface area contributed by atoms with Gasteiger partial charge >= 0.3 is 11.9 Å². The highest BCUT2D eigenvalue weighted by Gasteiger charge is 2.26. The standard InChI is InChI=1S/C30H26ClFN2O7/c1-18(35)39-17-40-30(38)27(36)15-23(13-19-9-11-20(12-10-19)21-5-4-6-22(31)14-21)33-29(37)28-16-26(34-41-28)24-7-2-3-8-25(24)32/h2-12,14,16,23,27,36H,13,15,17H2,1H3,(H,33,37)/t23-,27-/m1/s1. The highest BCUT2D eigenvalue weighted by Crippen LogP contribution is 2.24. The molecule has 11 heteroatoms. The normalized spacial score (nSPS) is 12.3. The highest BCUT2D eigenvalue weighted by molar-refractivity contribution is 6.30. The molecule has 0 aliphatic carbocycles. The first-order chi connectivity index (χ1) is 19.7. The molecule has 0 saturated carbocycles. The number of rotatable bonds is 11. The van der Waals surface area contributed by atoms with E-state index in [0.717, 1.165) is 23.6 Å². The van der Waals surface area contributed by atoms with Crippen molar-refractivity contribution in [2.75, 3.05) is 6.79 Å². The summed E-state index contributed by atoms with van der Waals surface area (Å²) in [4.78, 5) is 36.2. The Bertz CT molecular complexity index is 1520. The molecule has 3 aromatic carbocycles. The maximum absolute atomic E-state index is 14.2. The Hall–Kier alpha value is -4.54. The van der Waals surface area contributed by atoms with E-state index in [-0.39, 0.29) is 29.9 Å². The minimum Gasteiger partial charge on any atom is -0.428 e. The first-order valence-electron chi connectivity index (χ1n) is 12.5. The number of carbonyl (C=O) groups is 3. The molecule has 0 radical (unpaired) electrons. The Morgan fingerprint density at radius 2 is 1.76 bits per heavy atom. The number of aliphatic hydroxyl groups excluding tert-OH is 1. The lowest BCUT2D eigenvalue weighted by molar-refractivity contribution is -0.172. The van der Waals surface area contributed by atoms with Crippen LogP contribution in [0.5, 0.6) is 0 Å². The van der Waals surface area contributed by atoms with Crippen LogP contribution >= 0.6 is 11.6 Å². The monoisotopic (exact) mass is 580 g/mol. The number of aliphatic hydroxyl groups is 1. The molecule has 0 spiro atoms. The summed E-state index contributed by atoms with van der Waals surface area (Å²) >= 11 is 6.10. The maximum atomic E-state index is 14.2. The predicted molar refractivity (Wildman–Crippen MR) is 147 cm³/mol. The number of amides is 1. The molecule has 2 N–H and O–H groups in total. The van der Waals surface area contributed by atoms with Crippen molar-refractivity contribution < 1.29 is 37.9 Å². The van der Waals surface area contributed by atoms with Crippen molar-refractivity contribution in [1.29, 1.82) is 0 Å². The highest BCUT2D eigenvalue weighted by atomic mass is 35.5. The fraction of sp³-hybridized carbons (Fsp3) is 0.200. The van der Waals surface area contributed by atoms with Gasteiger partial charge in [0.05, 0.1) is 0 Å². The zero-order valence-corrected chi connectivity index (χ0v) is 22.6. The third kappa shape index (κ3) is 8.23. The van der Waals surface area contributed by atoms with Crippen molar-refractivity contribution in [2.24, 2.45) is 0 Å². The van der Waals surface area contributed by atoms with Gasteiger partial charge in [-0.05, 0) is 47.4 Å². The zero-order valence-electron chi connectivity index (χ0n) is 21.9. The lowest BCUT2D eigenvalue weighted by Crippen LogP contribution is -2.41. The van der Waals surface area contributed by atoms with Crippen molar-refractivity contribution in [3.63, 3.8) is 0 Å². The smallest absolute Gasteiger partial charge is 0.337 e. The van der Waals surface area contributed by atoms with Gasteiger partial charge in [-0.15, -0.1) is 0 Å². The lowest BCUT2D eigenvalue weighted by atomic mass is 9.97. The summed E-state index contributed by atoms with van der Waals surface area (Å²) in [5.41, 5.74) is 2.95. The molecule has 0 fully saturated rings. The van der Waals surface area contributed by atoms with Crippen LogP contribution < -0.4 is 5.32 Å². The summed E-state index contributed by atoms with van der Waals surface area (Å²) in [6.45, 7) is 0.499. The number of esters is 2. The Morgan fingerprint density at radius 3 is 2.46 bits per heavy atom. The molecular weight excluding hydrogens is 555 g/mol. The van der Waals surface area contributed by atoms with Gasteiger partial charge in [-0.25, -0.2) is 9.18 Å². The van der Waals surface area contributed by atoms with E-state index in [0.29, 0.717) is 5.02 Å². The van der Waals surface area contributed by atoms with Gasteiger partial charge in [0.25, 0.3) is 5.91 Å². The Balaban J connectivity index is 1.49. The molecular formula is C30H26ClFN2O7. The van der Waals surface area contributed by atoms with E-state index in [1.165, 1.54) is 24.3 Å². The fourth-order valence-corrected chi connectivity index (χ4v) is 4.24. The molecule has 0 aliphatic heterocycles. The summed E-state index contributed by atoms with van der Waals surface area (Å²) in [6, 6.07) is 21.3. The molecule has 4 aromatic rings. The molecule has 9 nitrogen and oxygen atoms in total. The van der Waals surface area contributed by atoms with Gasteiger partial charge in [0.15, 0.2) is 6.10 Å². The maximum Gasteiger partial charge on any atom is 0.337 e. The molecule has 1 heterocycles. The van der Waals surface area contributed by atoms with Crippen LogP contribution in [0.15, 0.2) is 83.4 Å². The number of halogens is 2. The van der Waals surface area contributed by atoms with E-state index in [1.807, 2.05) is 42.5 Å². The quantitative estimate of drug-likeness (QED) is 0.188. The largest absolute Gasteiger partial charge is 0.428 e. The second-order valence-corrected chi connectivity index (χ2v) is 9.54. The lowest BCUT2D eigenvalue weighted by Gasteiger charge is -2.21. The first-order valence-corrected chi connectivity index (χ1v) is 12.9. The fourth-order valence-electron chi connectivity index (χ4n) is 4.05. The van der Waals surface area contributed by atoms with Gasteiger partial charge in [0.2, 0.25) is 12.6 Å². The van der Waals surface area contributed by atoms with Crippen molar-refractivity contribution in [3.05, 3.63) is 101 Å². The molecule has 0 unspecified atom stereocenters. The number of ether oxygens (including phenoxy) is 2. The van der Waals surface area contributed by atoms with Crippen LogP contribution in [0, 0.1) is 5.82 Å². The van der Waals surface area contributed by atoms with E-state index < -0.39 is 42.6 Å². The minimum absolute atomic E-state index is 0.135. The molecule has 41 heavy (non-hydrogen) atoms. The van der Waals surface area contributed by atoms with Crippen LogP contribution in [-0.2, 0) is 25.5 Å². The van der Waals surface area contributed by atoms with Crippen LogP contribution in [0.25, 0.3) is 22.4 Å². The van der Waals surface area contributed by atoms with Crippen LogP contribution in [0.4, 0.5) is 4.39 Å². The van der Waals surface area contributed by atoms with Crippen molar-refractivity contribution in [3.8, 4) is 22.4 Å². The molecule has 0 aliphatic rings. The first kappa shape index (κ1) is 29.4. The number of aromatic nitrogens is 1. The predicted octanol–water partition coefficient (Wildman–Crippen LogP) is 4.96. The van der Waals surface area contributed by atoms with Gasteiger partial charge in [-0.2, -0.15) is 0 Å². The van der Waals surface area contributed by atoms with Crippen molar-refractivity contribution >= 4 is 29.4 Å². The Labute approximate surface area is 239 Å². The van der Waals surface area contributed by atoms with E-state index in [2.05, 4.69) is 15.2 Å². The van der Waals surface area contributed by atoms with E-state index >= 15 is 0 Å². The number of nitrogens with one attached hydrogen (secondary N) is 1. The minimum atomic E-state index is -1.63. The second kappa shape index (κ2) is 13.7. The van der Waals surface area contributed by atoms with Crippen molar-refractivity contribution in [1.82, 2.24) is 10.5 Å². The van der Waals surface area contributed by atoms with E-state index in [1.54, 1.807) is 12.1 Å². The van der Waals surface area contributed by atoms with Gasteiger partial charge in [-0.1, -0.05) is 65.3 Å². The van der Waals surface area contributed by atoms with Crippen molar-refractivity contribution in [2.45, 2.75) is 31.9 Å². The van der Waals surface area contributed by atoms with Crippen LogP contribution in [0.1, 0.15) is 29.5 Å². The summed E-state index contributed by atoms with van der Waals surface area (Å²) in [6.07, 6.45) is -1.63. The number of benzene rings is 3. The molecule has 0 saturated heterocycles. The third-order valence-corrected chi connectivity index (χ3v) is 6.29. The number of nitrogens with zero attached hydrogens (tertiary/aromatic N) is 1. The van der Waals surface area contributed by atoms with Gasteiger partial charge in [-0.3, -0.25) is 9.59 Å². The molecule has 212 valence electrons. The number of carbonyl (C=O) groups excluding carboxylic acids is 3. The molecule has 1 amide bonds. The average Bonchev–Trinajstić information content (AvgIpc) is 3.44. The molecule has 2 atom stereocenters. The topological polar surface area (TPSA) is 128 Å². The van der Waals surface area contributed by atoms with Crippen LogP contribution in [0.3, 0.4) is 0 Å². The van der Waals surface area contributed by atoms with Crippen LogP contribution in [-0.4, -0.2) is 47.0 Å².